The third-order valence-corrected chi connectivity index (χ3v) is 2.00. The Hall–Kier alpha value is -1.03. The van der Waals surface area contributed by atoms with Gasteiger partial charge in [0.25, 0.3) is 0 Å². The summed E-state index contributed by atoms with van der Waals surface area (Å²) < 4.78 is 1.87. The van der Waals surface area contributed by atoms with Gasteiger partial charge in [0.1, 0.15) is 12.0 Å². The number of fused-ring (bicyclic) bond motifs is 1. The van der Waals surface area contributed by atoms with Gasteiger partial charge in [-0.15, -0.1) is 0 Å². The van der Waals surface area contributed by atoms with Crippen molar-refractivity contribution < 1.29 is 0 Å². The Bertz CT molecular complexity index is 394. The van der Waals surface area contributed by atoms with Gasteiger partial charge in [-0.1, -0.05) is 0 Å². The first-order valence-corrected chi connectivity index (χ1v) is 4.25. The third kappa shape index (κ3) is 1.18. The fraction of sp³-hybridized carbons (Fsp3) is 0.250. The lowest BCUT2D eigenvalue weighted by Gasteiger charge is -2.02. The lowest BCUT2D eigenvalue weighted by molar-refractivity contribution is 0.965. The minimum atomic E-state index is 0.159. The molecule has 62 valence electrons. The molecule has 2 heterocycles. The largest absolute Gasteiger partial charge is 0.290 e. The molecule has 0 aromatic carbocycles. The van der Waals surface area contributed by atoms with E-state index >= 15 is 0 Å². The fourth-order valence-corrected chi connectivity index (χ4v) is 1.20. The predicted octanol–water partition coefficient (Wildman–Crippen LogP) is 1.72. The average molecular weight is 179 g/mol. The maximum absolute atomic E-state index is 4.29. The highest BCUT2D eigenvalue weighted by Crippen LogP contribution is 2.16. The Morgan fingerprint density at radius 3 is 3.08 bits per heavy atom. The van der Waals surface area contributed by atoms with Crippen LogP contribution in [0.5, 0.6) is 0 Å². The number of hydrogen-bond donors (Lipinski definition) is 1. The smallest absolute Gasteiger partial charge is 0.139 e. The van der Waals surface area contributed by atoms with E-state index in [9.17, 15) is 0 Å². The Morgan fingerprint density at radius 2 is 2.33 bits per heavy atom. The lowest BCUT2D eigenvalue weighted by atomic mass is 10.3. The van der Waals surface area contributed by atoms with Gasteiger partial charge in [0.15, 0.2) is 0 Å². The van der Waals surface area contributed by atoms with Crippen LogP contribution < -0.4 is 0 Å². The predicted molar refractivity (Wildman–Crippen MR) is 50.4 cm³/mol. The second-order valence-corrected chi connectivity index (χ2v) is 3.46. The number of rotatable bonds is 1. The molecular formula is C8H9N3S. The molecule has 0 aliphatic rings. The van der Waals surface area contributed by atoms with E-state index in [2.05, 4.69) is 22.6 Å². The van der Waals surface area contributed by atoms with Gasteiger partial charge in [-0.2, -0.15) is 12.6 Å². The van der Waals surface area contributed by atoms with E-state index < -0.39 is 0 Å². The van der Waals surface area contributed by atoms with Crippen LogP contribution in [-0.2, 0) is 0 Å². The number of aromatic nitrogens is 3. The molecule has 1 atom stereocenters. The van der Waals surface area contributed by atoms with Crippen molar-refractivity contribution in [1.82, 2.24) is 14.4 Å². The average Bonchev–Trinajstić information content (AvgIpc) is 2.49. The van der Waals surface area contributed by atoms with Crippen LogP contribution >= 0.6 is 12.6 Å². The summed E-state index contributed by atoms with van der Waals surface area (Å²) in [4.78, 5) is 8.38. The molecule has 2 aromatic rings. The van der Waals surface area contributed by atoms with Crippen LogP contribution in [0.1, 0.15) is 17.9 Å². The van der Waals surface area contributed by atoms with E-state index in [-0.39, 0.29) is 5.25 Å². The Labute approximate surface area is 75.9 Å². The SMILES string of the molecule is CC(S)c1cc2nccn2cn1. The first-order chi connectivity index (χ1) is 5.77. The summed E-state index contributed by atoms with van der Waals surface area (Å²) in [5, 5.41) is 0.159. The summed E-state index contributed by atoms with van der Waals surface area (Å²) in [5.41, 5.74) is 1.87. The third-order valence-electron chi connectivity index (χ3n) is 1.73. The molecule has 12 heavy (non-hydrogen) atoms. The van der Waals surface area contributed by atoms with Crippen LogP contribution in [0.4, 0.5) is 0 Å². The molecule has 2 aromatic heterocycles. The van der Waals surface area contributed by atoms with Crippen molar-refractivity contribution in [2.24, 2.45) is 0 Å². The monoisotopic (exact) mass is 179 g/mol. The van der Waals surface area contributed by atoms with Crippen molar-refractivity contribution in [2.45, 2.75) is 12.2 Å². The molecule has 0 bridgehead atoms. The number of thiol groups is 1. The molecule has 1 unspecified atom stereocenters. The summed E-state index contributed by atoms with van der Waals surface area (Å²) in [6.45, 7) is 1.99. The number of hydrogen-bond acceptors (Lipinski definition) is 3. The topological polar surface area (TPSA) is 30.2 Å². The van der Waals surface area contributed by atoms with Crippen molar-refractivity contribution in [3.05, 3.63) is 30.5 Å². The quantitative estimate of drug-likeness (QED) is 0.676. The van der Waals surface area contributed by atoms with E-state index in [1.807, 2.05) is 23.6 Å². The molecule has 0 aliphatic carbocycles. The maximum atomic E-state index is 4.29. The normalized spacial score (nSPS) is 13.5. The Kier molecular flexibility index (Phi) is 1.77. The van der Waals surface area contributed by atoms with Crippen molar-refractivity contribution in [2.75, 3.05) is 0 Å². The first-order valence-electron chi connectivity index (χ1n) is 3.74. The van der Waals surface area contributed by atoms with Crippen LogP contribution in [0, 0.1) is 0 Å². The molecule has 3 nitrogen and oxygen atoms in total. The van der Waals surface area contributed by atoms with E-state index in [1.54, 1.807) is 12.5 Å². The summed E-state index contributed by atoms with van der Waals surface area (Å²) in [5.74, 6) is 0. The summed E-state index contributed by atoms with van der Waals surface area (Å²) >= 11 is 4.29. The lowest BCUT2D eigenvalue weighted by Crippen LogP contribution is -1.93. The second-order valence-electron chi connectivity index (χ2n) is 2.68. The Balaban J connectivity index is 2.60. The number of nitrogens with zero attached hydrogens (tertiary/aromatic N) is 3. The van der Waals surface area contributed by atoms with E-state index in [4.69, 9.17) is 0 Å². The van der Waals surface area contributed by atoms with Crippen LogP contribution in [0.3, 0.4) is 0 Å². The molecule has 0 N–H and O–H groups in total. The molecule has 0 spiro atoms. The van der Waals surface area contributed by atoms with E-state index in [1.165, 1.54) is 0 Å². The number of imidazole rings is 1. The van der Waals surface area contributed by atoms with E-state index in [0.717, 1.165) is 11.3 Å². The molecule has 4 heteroatoms. The molecule has 0 fully saturated rings. The molecule has 0 aliphatic heterocycles. The highest BCUT2D eigenvalue weighted by molar-refractivity contribution is 7.80. The van der Waals surface area contributed by atoms with Crippen molar-refractivity contribution in [1.29, 1.82) is 0 Å². The van der Waals surface area contributed by atoms with Crippen LogP contribution in [0.25, 0.3) is 5.65 Å². The van der Waals surface area contributed by atoms with Gasteiger partial charge < -0.3 is 0 Å². The van der Waals surface area contributed by atoms with Crippen LogP contribution in [0.15, 0.2) is 24.8 Å². The van der Waals surface area contributed by atoms with Crippen molar-refractivity contribution >= 4 is 18.3 Å². The zero-order chi connectivity index (χ0) is 8.55. The fourth-order valence-electron chi connectivity index (χ4n) is 1.06. The first kappa shape index (κ1) is 7.61. The van der Waals surface area contributed by atoms with Crippen molar-refractivity contribution in [3.63, 3.8) is 0 Å². The minimum absolute atomic E-state index is 0.159. The van der Waals surface area contributed by atoms with Gasteiger partial charge in [-0.25, -0.2) is 9.97 Å². The van der Waals surface area contributed by atoms with Gasteiger partial charge in [0.2, 0.25) is 0 Å². The van der Waals surface area contributed by atoms with Crippen LogP contribution in [0.2, 0.25) is 0 Å². The van der Waals surface area contributed by atoms with Crippen LogP contribution in [-0.4, -0.2) is 14.4 Å². The summed E-state index contributed by atoms with van der Waals surface area (Å²) in [7, 11) is 0. The van der Waals surface area contributed by atoms with Crippen molar-refractivity contribution in [3.8, 4) is 0 Å². The molecular weight excluding hydrogens is 170 g/mol. The molecule has 0 amide bonds. The van der Waals surface area contributed by atoms with E-state index in [0.29, 0.717) is 0 Å². The van der Waals surface area contributed by atoms with Gasteiger partial charge in [-0.3, -0.25) is 4.40 Å². The zero-order valence-electron chi connectivity index (χ0n) is 6.68. The summed E-state index contributed by atoms with van der Waals surface area (Å²) in [6, 6.07) is 1.94. The molecule has 0 saturated carbocycles. The Morgan fingerprint density at radius 1 is 1.50 bits per heavy atom. The maximum Gasteiger partial charge on any atom is 0.139 e. The van der Waals surface area contributed by atoms with Gasteiger partial charge in [0.05, 0.1) is 5.69 Å². The zero-order valence-corrected chi connectivity index (χ0v) is 7.57. The second kappa shape index (κ2) is 2.79. The van der Waals surface area contributed by atoms with Gasteiger partial charge >= 0.3 is 0 Å². The molecule has 0 radical (unpaired) electrons. The van der Waals surface area contributed by atoms with Gasteiger partial charge in [0, 0.05) is 23.7 Å². The highest BCUT2D eigenvalue weighted by atomic mass is 32.1. The minimum Gasteiger partial charge on any atom is -0.290 e. The highest BCUT2D eigenvalue weighted by Gasteiger charge is 2.02. The summed E-state index contributed by atoms with van der Waals surface area (Å²) in [6.07, 6.45) is 5.38. The standard InChI is InChI=1S/C8H9N3S/c1-6(12)7-4-8-9-2-3-11(8)5-10-7/h2-6,12H,1H3. The van der Waals surface area contributed by atoms with Gasteiger partial charge in [-0.05, 0) is 6.92 Å². The molecule has 2 rings (SSSR count). The molecule has 0 saturated heterocycles.